The van der Waals surface area contributed by atoms with Crippen molar-refractivity contribution in [3.05, 3.63) is 12.7 Å². The van der Waals surface area contributed by atoms with E-state index in [4.69, 9.17) is 0 Å². The SMILES string of the molecule is C=CC(=O)NCCC(=O)N1CC(C(F)(F)F)C1. The number of likely N-dealkylation sites (tertiary alicyclic amines) is 1. The fraction of sp³-hybridized carbons (Fsp3) is 0.600. The van der Waals surface area contributed by atoms with Crippen molar-refractivity contribution < 1.29 is 22.8 Å². The third-order valence-electron chi connectivity index (χ3n) is 2.52. The predicted molar refractivity (Wildman–Crippen MR) is 53.9 cm³/mol. The summed E-state index contributed by atoms with van der Waals surface area (Å²) in [6, 6.07) is 0. The molecule has 0 spiro atoms. The molecule has 0 unspecified atom stereocenters. The molecule has 1 heterocycles. The van der Waals surface area contributed by atoms with E-state index in [2.05, 4.69) is 11.9 Å². The summed E-state index contributed by atoms with van der Waals surface area (Å²) in [6.45, 7) is 2.77. The first-order chi connectivity index (χ1) is 7.84. The van der Waals surface area contributed by atoms with E-state index in [1.165, 1.54) is 0 Å². The van der Waals surface area contributed by atoms with Gasteiger partial charge in [0.1, 0.15) is 0 Å². The van der Waals surface area contributed by atoms with Crippen molar-refractivity contribution in [3.63, 3.8) is 0 Å². The number of alkyl halides is 3. The molecule has 7 heteroatoms. The maximum atomic E-state index is 12.1. The van der Waals surface area contributed by atoms with Crippen molar-refractivity contribution in [1.29, 1.82) is 0 Å². The van der Waals surface area contributed by atoms with Crippen molar-refractivity contribution in [1.82, 2.24) is 10.2 Å². The van der Waals surface area contributed by atoms with Gasteiger partial charge in [-0.15, -0.1) is 0 Å². The number of halogens is 3. The topological polar surface area (TPSA) is 49.4 Å². The van der Waals surface area contributed by atoms with Gasteiger partial charge in [-0.1, -0.05) is 6.58 Å². The molecule has 1 N–H and O–H groups in total. The molecule has 17 heavy (non-hydrogen) atoms. The number of nitrogens with one attached hydrogen (secondary N) is 1. The van der Waals surface area contributed by atoms with Gasteiger partial charge >= 0.3 is 6.18 Å². The van der Waals surface area contributed by atoms with Crippen molar-refractivity contribution in [2.75, 3.05) is 19.6 Å². The summed E-state index contributed by atoms with van der Waals surface area (Å²) >= 11 is 0. The molecule has 2 amide bonds. The number of hydrogen-bond acceptors (Lipinski definition) is 2. The Bertz CT molecular complexity index is 322. The molecule has 1 fully saturated rings. The minimum Gasteiger partial charge on any atom is -0.352 e. The van der Waals surface area contributed by atoms with Crippen LogP contribution in [0.2, 0.25) is 0 Å². The zero-order chi connectivity index (χ0) is 13.1. The molecule has 0 bridgehead atoms. The van der Waals surface area contributed by atoms with Crippen LogP contribution in [0.4, 0.5) is 13.2 Å². The molecule has 0 aromatic rings. The van der Waals surface area contributed by atoms with E-state index in [1.54, 1.807) is 0 Å². The number of rotatable bonds is 4. The highest BCUT2D eigenvalue weighted by Gasteiger charge is 2.48. The molecule has 4 nitrogen and oxygen atoms in total. The second-order valence-corrected chi connectivity index (χ2v) is 3.78. The van der Waals surface area contributed by atoms with Gasteiger partial charge in [-0.25, -0.2) is 0 Å². The molecule has 96 valence electrons. The van der Waals surface area contributed by atoms with E-state index in [0.29, 0.717) is 0 Å². The summed E-state index contributed by atoms with van der Waals surface area (Å²) in [5, 5.41) is 2.38. The fourth-order valence-electron chi connectivity index (χ4n) is 1.41. The van der Waals surface area contributed by atoms with Gasteiger partial charge in [-0.05, 0) is 6.08 Å². The molecule has 1 aliphatic rings. The summed E-state index contributed by atoms with van der Waals surface area (Å²) in [7, 11) is 0. The van der Waals surface area contributed by atoms with Crippen LogP contribution in [0.3, 0.4) is 0 Å². The third kappa shape index (κ3) is 3.76. The molecule has 0 atom stereocenters. The van der Waals surface area contributed by atoms with E-state index in [-0.39, 0.29) is 32.0 Å². The van der Waals surface area contributed by atoms with E-state index in [0.717, 1.165) is 11.0 Å². The quantitative estimate of drug-likeness (QED) is 0.747. The van der Waals surface area contributed by atoms with Crippen LogP contribution in [0, 0.1) is 5.92 Å². The van der Waals surface area contributed by atoms with Crippen LogP contribution in [-0.4, -0.2) is 42.5 Å². The van der Waals surface area contributed by atoms with Gasteiger partial charge in [0.2, 0.25) is 11.8 Å². The minimum atomic E-state index is -4.23. The smallest absolute Gasteiger partial charge is 0.352 e. The lowest BCUT2D eigenvalue weighted by molar-refractivity contribution is -0.209. The molecule has 0 saturated carbocycles. The largest absolute Gasteiger partial charge is 0.395 e. The Morgan fingerprint density at radius 3 is 2.47 bits per heavy atom. The molecule has 1 rings (SSSR count). The fourth-order valence-corrected chi connectivity index (χ4v) is 1.41. The average Bonchev–Trinajstić information content (AvgIpc) is 2.12. The summed E-state index contributed by atoms with van der Waals surface area (Å²) in [5.74, 6) is -2.20. The first-order valence-electron chi connectivity index (χ1n) is 5.09. The van der Waals surface area contributed by atoms with Crippen LogP contribution < -0.4 is 5.32 Å². The van der Waals surface area contributed by atoms with E-state index >= 15 is 0 Å². The molecule has 0 radical (unpaired) electrons. The van der Waals surface area contributed by atoms with Crippen molar-refractivity contribution in [2.45, 2.75) is 12.6 Å². The lowest BCUT2D eigenvalue weighted by atomic mass is 9.99. The highest BCUT2D eigenvalue weighted by molar-refractivity contribution is 5.87. The van der Waals surface area contributed by atoms with E-state index < -0.39 is 18.0 Å². The van der Waals surface area contributed by atoms with Gasteiger partial charge < -0.3 is 10.2 Å². The molecular weight excluding hydrogens is 237 g/mol. The molecular formula is C10H13F3N2O2. The van der Waals surface area contributed by atoms with Gasteiger partial charge in [0, 0.05) is 26.1 Å². The number of carbonyl (C=O) groups excluding carboxylic acids is 2. The Kier molecular flexibility index (Phi) is 4.14. The summed E-state index contributed by atoms with van der Waals surface area (Å²) in [6.07, 6.45) is -3.16. The number of amides is 2. The zero-order valence-corrected chi connectivity index (χ0v) is 9.09. The highest BCUT2D eigenvalue weighted by atomic mass is 19.4. The lowest BCUT2D eigenvalue weighted by Gasteiger charge is -2.40. The first kappa shape index (κ1) is 13.5. The standard InChI is InChI=1S/C10H13F3N2O2/c1-2-8(16)14-4-3-9(17)15-5-7(6-15)10(11,12)13/h2,7H,1,3-6H2,(H,14,16). The monoisotopic (exact) mass is 250 g/mol. The maximum absolute atomic E-state index is 12.1. The molecule has 0 aromatic carbocycles. The Morgan fingerprint density at radius 1 is 1.41 bits per heavy atom. The van der Waals surface area contributed by atoms with Crippen LogP contribution >= 0.6 is 0 Å². The van der Waals surface area contributed by atoms with Gasteiger partial charge in [0.25, 0.3) is 0 Å². The predicted octanol–water partition coefficient (Wildman–Crippen LogP) is 0.699. The Labute approximate surface area is 96.5 Å². The van der Waals surface area contributed by atoms with Crippen molar-refractivity contribution in [2.24, 2.45) is 5.92 Å². The van der Waals surface area contributed by atoms with Crippen LogP contribution in [0.1, 0.15) is 6.42 Å². The van der Waals surface area contributed by atoms with E-state index in [9.17, 15) is 22.8 Å². The van der Waals surface area contributed by atoms with Crippen LogP contribution in [0.5, 0.6) is 0 Å². The lowest BCUT2D eigenvalue weighted by Crippen LogP contribution is -2.55. The summed E-state index contributed by atoms with van der Waals surface area (Å²) in [5.41, 5.74) is 0. The van der Waals surface area contributed by atoms with Gasteiger partial charge in [-0.3, -0.25) is 9.59 Å². The Hall–Kier alpha value is -1.53. The van der Waals surface area contributed by atoms with Crippen molar-refractivity contribution in [3.8, 4) is 0 Å². The van der Waals surface area contributed by atoms with Gasteiger partial charge in [0.15, 0.2) is 0 Å². The molecule has 0 aliphatic carbocycles. The minimum absolute atomic E-state index is 0.00412. The van der Waals surface area contributed by atoms with Gasteiger partial charge in [0.05, 0.1) is 5.92 Å². The zero-order valence-electron chi connectivity index (χ0n) is 9.09. The molecule has 1 aliphatic heterocycles. The second-order valence-electron chi connectivity index (χ2n) is 3.78. The van der Waals surface area contributed by atoms with Gasteiger partial charge in [-0.2, -0.15) is 13.2 Å². The van der Waals surface area contributed by atoms with Crippen LogP contribution in [0.25, 0.3) is 0 Å². The Balaban J connectivity index is 2.20. The second kappa shape index (κ2) is 5.20. The number of hydrogen-bond donors (Lipinski definition) is 1. The summed E-state index contributed by atoms with van der Waals surface area (Å²) < 4.78 is 36.4. The Morgan fingerprint density at radius 2 is 2.00 bits per heavy atom. The molecule has 1 saturated heterocycles. The average molecular weight is 250 g/mol. The van der Waals surface area contributed by atoms with E-state index in [1.807, 2.05) is 0 Å². The molecule has 0 aromatic heterocycles. The number of carbonyl (C=O) groups is 2. The third-order valence-corrected chi connectivity index (χ3v) is 2.52. The maximum Gasteiger partial charge on any atom is 0.395 e. The highest BCUT2D eigenvalue weighted by Crippen LogP contribution is 2.33. The normalized spacial score (nSPS) is 16.3. The summed E-state index contributed by atoms with van der Waals surface area (Å²) in [4.78, 5) is 23.2. The first-order valence-corrected chi connectivity index (χ1v) is 5.09. The van der Waals surface area contributed by atoms with Crippen molar-refractivity contribution >= 4 is 11.8 Å². The van der Waals surface area contributed by atoms with Crippen LogP contribution in [-0.2, 0) is 9.59 Å². The van der Waals surface area contributed by atoms with Crippen LogP contribution in [0.15, 0.2) is 12.7 Å². The number of nitrogens with zero attached hydrogens (tertiary/aromatic N) is 1.